The van der Waals surface area contributed by atoms with E-state index in [9.17, 15) is 14.4 Å². The van der Waals surface area contributed by atoms with Crippen molar-refractivity contribution in [2.75, 3.05) is 44.6 Å². The van der Waals surface area contributed by atoms with Gasteiger partial charge in [0.05, 0.1) is 6.54 Å². The highest BCUT2D eigenvalue weighted by molar-refractivity contribution is 5.97. The number of likely N-dealkylation sites (tertiary alicyclic amines) is 2. The maximum atomic E-state index is 12.8. The van der Waals surface area contributed by atoms with Crippen LogP contribution < -0.4 is 10.6 Å². The first kappa shape index (κ1) is 22.3. The molecule has 0 aliphatic carbocycles. The molecule has 7 heteroatoms. The molecule has 2 N–H and O–H groups in total. The largest absolute Gasteiger partial charge is 0.352 e. The average Bonchev–Trinajstić information content (AvgIpc) is 3.04. The van der Waals surface area contributed by atoms with Crippen LogP contribution in [0.25, 0.3) is 0 Å². The van der Waals surface area contributed by atoms with Crippen LogP contribution in [0.4, 0.5) is 5.69 Å². The molecule has 3 amide bonds. The highest BCUT2D eigenvalue weighted by Crippen LogP contribution is 2.22. The van der Waals surface area contributed by atoms with Crippen LogP contribution in [-0.4, -0.2) is 66.8 Å². The van der Waals surface area contributed by atoms with Crippen molar-refractivity contribution in [2.24, 2.45) is 5.92 Å². The summed E-state index contributed by atoms with van der Waals surface area (Å²) in [5.41, 5.74) is 1.15. The lowest BCUT2D eigenvalue weighted by Gasteiger charge is -2.33. The van der Waals surface area contributed by atoms with Gasteiger partial charge in [-0.1, -0.05) is 18.9 Å². The van der Waals surface area contributed by atoms with E-state index in [0.29, 0.717) is 30.2 Å². The third-order valence-corrected chi connectivity index (χ3v) is 5.97. The highest BCUT2D eigenvalue weighted by Gasteiger charge is 2.29. The van der Waals surface area contributed by atoms with Gasteiger partial charge in [-0.25, -0.2) is 0 Å². The lowest BCUT2D eigenvalue weighted by molar-refractivity contribution is -0.137. The Bertz CT molecular complexity index is 736. The number of hydrogen-bond donors (Lipinski definition) is 2. The van der Waals surface area contributed by atoms with E-state index in [1.807, 2.05) is 6.92 Å². The normalized spacial score (nSPS) is 18.5. The first-order valence-corrected chi connectivity index (χ1v) is 11.3. The molecule has 1 aromatic rings. The zero-order valence-electron chi connectivity index (χ0n) is 18.0. The van der Waals surface area contributed by atoms with Crippen molar-refractivity contribution in [3.05, 3.63) is 29.8 Å². The van der Waals surface area contributed by atoms with E-state index >= 15 is 0 Å². The quantitative estimate of drug-likeness (QED) is 0.749. The van der Waals surface area contributed by atoms with Crippen molar-refractivity contribution in [3.8, 4) is 0 Å². The Morgan fingerprint density at radius 1 is 1.00 bits per heavy atom. The summed E-state index contributed by atoms with van der Waals surface area (Å²) >= 11 is 0. The second-order valence-corrected chi connectivity index (χ2v) is 8.28. The molecule has 2 fully saturated rings. The van der Waals surface area contributed by atoms with Crippen molar-refractivity contribution in [1.82, 2.24) is 15.1 Å². The van der Waals surface area contributed by atoms with Gasteiger partial charge in [-0.05, 0) is 63.9 Å². The van der Waals surface area contributed by atoms with Gasteiger partial charge in [0.15, 0.2) is 0 Å². The maximum Gasteiger partial charge on any atom is 0.251 e. The van der Waals surface area contributed by atoms with Gasteiger partial charge in [0, 0.05) is 36.8 Å². The van der Waals surface area contributed by atoms with E-state index in [0.717, 1.165) is 51.9 Å². The van der Waals surface area contributed by atoms with E-state index in [1.54, 1.807) is 24.3 Å². The zero-order valence-corrected chi connectivity index (χ0v) is 18.0. The molecule has 2 aliphatic heterocycles. The smallest absolute Gasteiger partial charge is 0.251 e. The van der Waals surface area contributed by atoms with Crippen LogP contribution in [0.3, 0.4) is 0 Å². The number of nitrogens with one attached hydrogen (secondary N) is 2. The predicted molar refractivity (Wildman–Crippen MR) is 117 cm³/mol. The number of benzene rings is 1. The lowest BCUT2D eigenvalue weighted by Crippen LogP contribution is -2.44. The van der Waals surface area contributed by atoms with Crippen LogP contribution in [0.5, 0.6) is 0 Å². The van der Waals surface area contributed by atoms with E-state index in [4.69, 9.17) is 0 Å². The first-order chi connectivity index (χ1) is 14.6. The Kier molecular flexibility index (Phi) is 8.25. The molecule has 2 aliphatic rings. The van der Waals surface area contributed by atoms with Crippen molar-refractivity contribution in [3.63, 3.8) is 0 Å². The van der Waals surface area contributed by atoms with Crippen molar-refractivity contribution in [2.45, 2.75) is 45.4 Å². The summed E-state index contributed by atoms with van der Waals surface area (Å²) in [6, 6.07) is 6.97. The number of piperidine rings is 1. The third kappa shape index (κ3) is 6.29. The van der Waals surface area contributed by atoms with E-state index in [2.05, 4.69) is 20.4 Å². The van der Waals surface area contributed by atoms with Gasteiger partial charge in [-0.3, -0.25) is 19.3 Å². The Morgan fingerprint density at radius 2 is 1.70 bits per heavy atom. The molecule has 1 aromatic carbocycles. The van der Waals surface area contributed by atoms with Crippen LogP contribution in [0, 0.1) is 5.92 Å². The second kappa shape index (κ2) is 11.1. The first-order valence-electron chi connectivity index (χ1n) is 11.3. The number of rotatable bonds is 6. The summed E-state index contributed by atoms with van der Waals surface area (Å²) in [6.07, 6.45) is 6.32. The molecule has 0 radical (unpaired) electrons. The second-order valence-electron chi connectivity index (χ2n) is 8.28. The molecule has 0 saturated carbocycles. The Hall–Kier alpha value is -2.41. The summed E-state index contributed by atoms with van der Waals surface area (Å²) in [4.78, 5) is 41.4. The minimum absolute atomic E-state index is 0.0937. The van der Waals surface area contributed by atoms with Gasteiger partial charge in [0.25, 0.3) is 5.91 Å². The number of carbonyl (C=O) groups is 3. The maximum absolute atomic E-state index is 12.8. The van der Waals surface area contributed by atoms with E-state index in [1.165, 1.54) is 12.8 Å². The van der Waals surface area contributed by atoms with E-state index < -0.39 is 0 Å². The summed E-state index contributed by atoms with van der Waals surface area (Å²) in [7, 11) is 0. The Balaban J connectivity index is 1.44. The van der Waals surface area contributed by atoms with Crippen LogP contribution in [0.15, 0.2) is 24.3 Å². The Morgan fingerprint density at radius 3 is 2.37 bits per heavy atom. The van der Waals surface area contributed by atoms with Gasteiger partial charge in [0.2, 0.25) is 11.8 Å². The van der Waals surface area contributed by atoms with Crippen molar-refractivity contribution >= 4 is 23.4 Å². The minimum Gasteiger partial charge on any atom is -0.352 e. The van der Waals surface area contributed by atoms with Gasteiger partial charge in [-0.2, -0.15) is 0 Å². The van der Waals surface area contributed by atoms with Gasteiger partial charge >= 0.3 is 0 Å². The molecular weight excluding hydrogens is 380 g/mol. The molecule has 164 valence electrons. The van der Waals surface area contributed by atoms with Crippen LogP contribution >= 0.6 is 0 Å². The molecule has 0 unspecified atom stereocenters. The van der Waals surface area contributed by atoms with Crippen molar-refractivity contribution in [1.29, 1.82) is 0 Å². The molecule has 0 bridgehead atoms. The number of hydrogen-bond acceptors (Lipinski definition) is 4. The predicted octanol–water partition coefficient (Wildman–Crippen LogP) is 2.49. The van der Waals surface area contributed by atoms with Gasteiger partial charge in [0.1, 0.15) is 0 Å². The molecule has 0 aromatic heterocycles. The monoisotopic (exact) mass is 414 g/mol. The average molecular weight is 415 g/mol. The summed E-state index contributed by atoms with van der Waals surface area (Å²) in [6.45, 7) is 6.05. The van der Waals surface area contributed by atoms with Gasteiger partial charge < -0.3 is 15.5 Å². The fourth-order valence-corrected chi connectivity index (χ4v) is 4.29. The summed E-state index contributed by atoms with van der Waals surface area (Å²) < 4.78 is 0. The summed E-state index contributed by atoms with van der Waals surface area (Å²) in [5.74, 6) is 0.157. The highest BCUT2D eigenvalue weighted by atomic mass is 16.2. The molecular formula is C23H34N4O3. The number of nitrogens with zero attached hydrogens (tertiary/aromatic N) is 2. The fraction of sp³-hybridized carbons (Fsp3) is 0.609. The zero-order chi connectivity index (χ0) is 21.3. The van der Waals surface area contributed by atoms with E-state index in [-0.39, 0.29) is 17.7 Å². The molecule has 3 rings (SSSR count). The Labute approximate surface area is 179 Å². The summed E-state index contributed by atoms with van der Waals surface area (Å²) in [5, 5.41) is 5.64. The fourth-order valence-electron chi connectivity index (χ4n) is 4.29. The number of anilines is 1. The molecule has 0 atom stereocenters. The lowest BCUT2D eigenvalue weighted by atomic mass is 9.95. The molecule has 7 nitrogen and oxygen atoms in total. The number of amides is 3. The van der Waals surface area contributed by atoms with Crippen LogP contribution in [-0.2, 0) is 9.59 Å². The van der Waals surface area contributed by atoms with Gasteiger partial charge in [-0.15, -0.1) is 0 Å². The van der Waals surface area contributed by atoms with Crippen LogP contribution in [0.1, 0.15) is 55.8 Å². The SMILES string of the molecule is CCNC(=O)c1cccc(NC(=O)CN2CCC(C(=O)N3CCCCCC3)CC2)c1. The molecule has 2 saturated heterocycles. The van der Waals surface area contributed by atoms with Crippen LogP contribution in [0.2, 0.25) is 0 Å². The standard InChI is InChI=1S/C23H34N4O3/c1-2-24-22(29)19-8-7-9-20(16-19)25-21(28)17-26-14-10-18(11-15-26)23(30)27-12-5-3-4-6-13-27/h7-9,16,18H,2-6,10-15,17H2,1H3,(H,24,29)(H,25,28). The molecule has 0 spiro atoms. The third-order valence-electron chi connectivity index (χ3n) is 5.97. The molecule has 30 heavy (non-hydrogen) atoms. The molecule has 2 heterocycles. The number of carbonyl (C=O) groups excluding carboxylic acids is 3. The topological polar surface area (TPSA) is 81.8 Å². The minimum atomic E-state index is -0.148. The van der Waals surface area contributed by atoms with Crippen molar-refractivity contribution < 1.29 is 14.4 Å².